The highest BCUT2D eigenvalue weighted by Crippen LogP contribution is 2.42. The predicted molar refractivity (Wildman–Crippen MR) is 63.5 cm³/mol. The van der Waals surface area contributed by atoms with E-state index in [-0.39, 0.29) is 5.41 Å². The van der Waals surface area contributed by atoms with Gasteiger partial charge in [-0.25, -0.2) is 0 Å². The van der Waals surface area contributed by atoms with Gasteiger partial charge >= 0.3 is 0 Å². The van der Waals surface area contributed by atoms with E-state index in [2.05, 4.69) is 31.2 Å². The molecule has 90 valence electrons. The summed E-state index contributed by atoms with van der Waals surface area (Å²) in [6.07, 6.45) is 5.06. The second kappa shape index (κ2) is 4.09. The first-order valence-electron chi connectivity index (χ1n) is 5.92. The molecule has 0 aromatic carbocycles. The molecule has 1 aromatic heterocycles. The van der Waals surface area contributed by atoms with Crippen LogP contribution >= 0.6 is 0 Å². The average molecular weight is 223 g/mol. The van der Waals surface area contributed by atoms with Crippen molar-refractivity contribution >= 4 is 0 Å². The fraction of sp³-hybridized carbons (Fsp3) is 0.750. The van der Waals surface area contributed by atoms with Crippen molar-refractivity contribution in [3.05, 3.63) is 12.4 Å². The van der Waals surface area contributed by atoms with Gasteiger partial charge < -0.3 is 10.1 Å². The Morgan fingerprint density at radius 1 is 1.62 bits per heavy atom. The van der Waals surface area contributed by atoms with Gasteiger partial charge in [0.2, 0.25) is 0 Å². The summed E-state index contributed by atoms with van der Waals surface area (Å²) in [6.45, 7) is 7.68. The van der Waals surface area contributed by atoms with Crippen molar-refractivity contribution in [2.45, 2.75) is 39.3 Å². The second-order valence-corrected chi connectivity index (χ2v) is 5.12. The van der Waals surface area contributed by atoms with E-state index in [0.29, 0.717) is 12.1 Å². The zero-order valence-corrected chi connectivity index (χ0v) is 10.5. The van der Waals surface area contributed by atoms with E-state index >= 15 is 0 Å². The lowest BCUT2D eigenvalue weighted by molar-refractivity contribution is -0.0541. The molecule has 0 amide bonds. The van der Waals surface area contributed by atoms with Crippen molar-refractivity contribution < 1.29 is 4.74 Å². The lowest BCUT2D eigenvalue weighted by Crippen LogP contribution is -2.62. The Kier molecular flexibility index (Phi) is 2.93. The molecule has 1 aromatic rings. The van der Waals surface area contributed by atoms with Gasteiger partial charge in [0, 0.05) is 24.9 Å². The molecule has 4 nitrogen and oxygen atoms in total. The topological polar surface area (TPSA) is 39.1 Å². The molecular weight excluding hydrogens is 202 g/mol. The van der Waals surface area contributed by atoms with Gasteiger partial charge in [-0.3, -0.25) is 4.68 Å². The molecule has 0 spiro atoms. The smallest absolute Gasteiger partial charge is 0.157 e. The largest absolute Gasteiger partial charge is 0.486 e. The Hall–Kier alpha value is -1.03. The highest BCUT2D eigenvalue weighted by Gasteiger charge is 2.49. The van der Waals surface area contributed by atoms with Crippen LogP contribution in [0.3, 0.4) is 0 Å². The molecule has 1 aliphatic rings. The Labute approximate surface area is 97.0 Å². The Morgan fingerprint density at radius 2 is 2.38 bits per heavy atom. The highest BCUT2D eigenvalue weighted by atomic mass is 16.5. The second-order valence-electron chi connectivity index (χ2n) is 5.12. The lowest BCUT2D eigenvalue weighted by atomic mass is 9.64. The van der Waals surface area contributed by atoms with Crippen LogP contribution in [0.2, 0.25) is 0 Å². The van der Waals surface area contributed by atoms with Crippen LogP contribution < -0.4 is 10.1 Å². The van der Waals surface area contributed by atoms with Gasteiger partial charge in [-0.2, -0.15) is 5.10 Å². The first-order valence-corrected chi connectivity index (χ1v) is 5.92. The normalized spacial score (nSPS) is 27.5. The number of hydrogen-bond acceptors (Lipinski definition) is 3. The monoisotopic (exact) mass is 223 g/mol. The van der Waals surface area contributed by atoms with E-state index in [1.807, 2.05) is 13.2 Å². The van der Waals surface area contributed by atoms with E-state index < -0.39 is 0 Å². The van der Waals surface area contributed by atoms with Gasteiger partial charge in [0.05, 0.1) is 12.4 Å². The van der Waals surface area contributed by atoms with Crippen LogP contribution in [0.1, 0.15) is 27.2 Å². The molecule has 1 N–H and O–H groups in total. The number of aryl methyl sites for hydroxylation is 1. The van der Waals surface area contributed by atoms with E-state index in [9.17, 15) is 0 Å². The summed E-state index contributed by atoms with van der Waals surface area (Å²) in [5.41, 5.74) is 0.200. The number of ether oxygens (including phenoxy) is 1. The summed E-state index contributed by atoms with van der Waals surface area (Å²) < 4.78 is 7.71. The zero-order chi connectivity index (χ0) is 11.8. The van der Waals surface area contributed by atoms with Crippen LogP contribution in [0.15, 0.2) is 12.4 Å². The summed E-state index contributed by atoms with van der Waals surface area (Å²) in [7, 11) is 1.90. The number of aromatic nitrogens is 2. The first-order chi connectivity index (χ1) is 7.54. The van der Waals surface area contributed by atoms with Crippen molar-refractivity contribution in [1.82, 2.24) is 15.1 Å². The third-order valence-electron chi connectivity index (χ3n) is 3.59. The standard InChI is InChI=1S/C12H21N3O/c1-5-13-10-6-11(12(10,2)3)16-9-7-14-15(4)8-9/h7-8,10-11,13H,5-6H2,1-4H3. The minimum absolute atomic E-state index is 0.200. The minimum Gasteiger partial charge on any atom is -0.486 e. The molecule has 0 aliphatic heterocycles. The highest BCUT2D eigenvalue weighted by molar-refractivity contribution is 5.15. The maximum absolute atomic E-state index is 5.94. The lowest BCUT2D eigenvalue weighted by Gasteiger charge is -2.51. The van der Waals surface area contributed by atoms with Crippen LogP contribution in [0.25, 0.3) is 0 Å². The minimum atomic E-state index is 0.200. The molecule has 0 radical (unpaired) electrons. The third kappa shape index (κ3) is 1.94. The van der Waals surface area contributed by atoms with E-state index in [1.54, 1.807) is 10.9 Å². The van der Waals surface area contributed by atoms with Crippen LogP contribution in [-0.4, -0.2) is 28.5 Å². The van der Waals surface area contributed by atoms with Crippen LogP contribution in [0, 0.1) is 5.41 Å². The van der Waals surface area contributed by atoms with Crippen molar-refractivity contribution in [2.24, 2.45) is 12.5 Å². The summed E-state index contributed by atoms with van der Waals surface area (Å²) in [5.74, 6) is 0.871. The number of hydrogen-bond donors (Lipinski definition) is 1. The van der Waals surface area contributed by atoms with Gasteiger partial charge in [-0.05, 0) is 6.54 Å². The van der Waals surface area contributed by atoms with Crippen molar-refractivity contribution in [3.63, 3.8) is 0 Å². The van der Waals surface area contributed by atoms with E-state index in [1.165, 1.54) is 0 Å². The Balaban J connectivity index is 1.94. The SMILES string of the molecule is CCNC1CC(Oc2cnn(C)c2)C1(C)C. The fourth-order valence-corrected chi connectivity index (χ4v) is 2.30. The van der Waals surface area contributed by atoms with Gasteiger partial charge in [0.25, 0.3) is 0 Å². The fourth-order valence-electron chi connectivity index (χ4n) is 2.30. The molecule has 0 saturated heterocycles. The quantitative estimate of drug-likeness (QED) is 0.842. The molecule has 2 atom stereocenters. The van der Waals surface area contributed by atoms with Crippen molar-refractivity contribution in [2.75, 3.05) is 6.54 Å². The Bertz CT molecular complexity index is 359. The molecule has 2 unspecified atom stereocenters. The Morgan fingerprint density at radius 3 is 2.88 bits per heavy atom. The summed E-state index contributed by atoms with van der Waals surface area (Å²) in [4.78, 5) is 0. The van der Waals surface area contributed by atoms with Crippen LogP contribution in [-0.2, 0) is 7.05 Å². The molecule has 1 aliphatic carbocycles. The van der Waals surface area contributed by atoms with Crippen molar-refractivity contribution in [1.29, 1.82) is 0 Å². The van der Waals surface area contributed by atoms with E-state index in [0.717, 1.165) is 18.7 Å². The maximum atomic E-state index is 5.94. The molecular formula is C12H21N3O. The van der Waals surface area contributed by atoms with Gasteiger partial charge in [-0.15, -0.1) is 0 Å². The first kappa shape index (κ1) is 11.5. The molecule has 1 heterocycles. The number of nitrogens with zero attached hydrogens (tertiary/aromatic N) is 2. The zero-order valence-electron chi connectivity index (χ0n) is 10.5. The summed E-state index contributed by atoms with van der Waals surface area (Å²) in [6, 6.07) is 0.569. The van der Waals surface area contributed by atoms with Gasteiger partial charge in [0.15, 0.2) is 5.75 Å². The van der Waals surface area contributed by atoms with E-state index in [4.69, 9.17) is 4.74 Å². The molecule has 0 bridgehead atoms. The number of nitrogens with one attached hydrogen (secondary N) is 1. The summed E-state index contributed by atoms with van der Waals surface area (Å²) >= 11 is 0. The molecule has 16 heavy (non-hydrogen) atoms. The summed E-state index contributed by atoms with van der Waals surface area (Å²) in [5, 5.41) is 7.60. The third-order valence-corrected chi connectivity index (χ3v) is 3.59. The molecule has 1 fully saturated rings. The van der Waals surface area contributed by atoms with Crippen LogP contribution in [0.5, 0.6) is 5.75 Å². The molecule has 4 heteroatoms. The molecule has 1 saturated carbocycles. The van der Waals surface area contributed by atoms with Crippen molar-refractivity contribution in [3.8, 4) is 5.75 Å². The molecule has 2 rings (SSSR count). The average Bonchev–Trinajstić information content (AvgIpc) is 2.63. The predicted octanol–water partition coefficient (Wildman–Crippen LogP) is 1.58. The van der Waals surface area contributed by atoms with Gasteiger partial charge in [0.1, 0.15) is 6.10 Å². The maximum Gasteiger partial charge on any atom is 0.157 e. The number of rotatable bonds is 4. The van der Waals surface area contributed by atoms with Crippen LogP contribution in [0.4, 0.5) is 0 Å². The van der Waals surface area contributed by atoms with Gasteiger partial charge in [-0.1, -0.05) is 20.8 Å².